The maximum absolute atomic E-state index is 12.7. The van der Waals surface area contributed by atoms with Crippen LogP contribution in [0, 0.1) is 0 Å². The van der Waals surface area contributed by atoms with E-state index in [-0.39, 0.29) is 23.7 Å². The Balaban J connectivity index is 2.27. The van der Waals surface area contributed by atoms with Crippen LogP contribution in [0.25, 0.3) is 0 Å². The van der Waals surface area contributed by atoms with Crippen LogP contribution in [0.15, 0.2) is 36.5 Å². The lowest BCUT2D eigenvalue weighted by atomic mass is 10.1. The zero-order valence-electron chi connectivity index (χ0n) is 15.8. The molecule has 2 rings (SSSR count). The molecule has 0 saturated heterocycles. The lowest BCUT2D eigenvalue weighted by Gasteiger charge is -2.14. The summed E-state index contributed by atoms with van der Waals surface area (Å²) in [5.74, 6) is -0.427. The fourth-order valence-corrected chi connectivity index (χ4v) is 2.98. The Morgan fingerprint density at radius 1 is 1.21 bits per heavy atom. The van der Waals surface area contributed by atoms with Gasteiger partial charge in [-0.1, -0.05) is 6.07 Å². The Morgan fingerprint density at radius 3 is 2.61 bits per heavy atom. The number of pyridine rings is 1. The number of carbonyl (C=O) groups is 2. The Labute approximate surface area is 163 Å². The number of sulfonamides is 1. The van der Waals surface area contributed by atoms with Crippen molar-refractivity contribution < 1.29 is 22.7 Å². The van der Waals surface area contributed by atoms with Crippen molar-refractivity contribution in [2.75, 3.05) is 22.9 Å². The SMILES string of the molecule is CCOc1ncccc1CNC(=O)c1cc(NC(C)=O)ccc1NS(C)(=O)=O. The van der Waals surface area contributed by atoms with Crippen molar-refractivity contribution in [3.63, 3.8) is 0 Å². The number of ether oxygens (including phenoxy) is 1. The normalized spacial score (nSPS) is 10.8. The monoisotopic (exact) mass is 406 g/mol. The third kappa shape index (κ3) is 6.23. The summed E-state index contributed by atoms with van der Waals surface area (Å²) in [6.07, 6.45) is 2.57. The molecule has 0 aliphatic rings. The molecule has 28 heavy (non-hydrogen) atoms. The molecule has 150 valence electrons. The number of nitrogens with zero attached hydrogens (tertiary/aromatic N) is 1. The highest BCUT2D eigenvalue weighted by molar-refractivity contribution is 7.92. The molecule has 0 saturated carbocycles. The van der Waals surface area contributed by atoms with Crippen LogP contribution in [-0.4, -0.2) is 38.1 Å². The van der Waals surface area contributed by atoms with Gasteiger partial charge in [-0.25, -0.2) is 13.4 Å². The highest BCUT2D eigenvalue weighted by atomic mass is 32.2. The van der Waals surface area contributed by atoms with Gasteiger partial charge < -0.3 is 15.4 Å². The molecule has 0 bridgehead atoms. The van der Waals surface area contributed by atoms with Crippen LogP contribution in [0.3, 0.4) is 0 Å². The summed E-state index contributed by atoms with van der Waals surface area (Å²) < 4.78 is 30.9. The molecule has 0 spiro atoms. The number of hydrogen-bond donors (Lipinski definition) is 3. The molecule has 0 fully saturated rings. The molecule has 1 heterocycles. The van der Waals surface area contributed by atoms with Gasteiger partial charge in [-0.05, 0) is 31.2 Å². The molecule has 2 aromatic rings. The molecule has 10 heteroatoms. The summed E-state index contributed by atoms with van der Waals surface area (Å²) in [6.45, 7) is 3.72. The second kappa shape index (κ2) is 9.18. The summed E-state index contributed by atoms with van der Waals surface area (Å²) in [5.41, 5.74) is 1.21. The number of benzene rings is 1. The maximum Gasteiger partial charge on any atom is 0.253 e. The van der Waals surface area contributed by atoms with Gasteiger partial charge in [0.05, 0.1) is 24.1 Å². The number of carbonyl (C=O) groups excluding carboxylic acids is 2. The molecule has 1 aromatic carbocycles. The van der Waals surface area contributed by atoms with Gasteiger partial charge in [-0.3, -0.25) is 14.3 Å². The first kappa shape index (κ1) is 21.2. The molecule has 0 aliphatic carbocycles. The van der Waals surface area contributed by atoms with Crippen LogP contribution in [-0.2, 0) is 21.4 Å². The number of hydrogen-bond acceptors (Lipinski definition) is 6. The molecule has 0 atom stereocenters. The smallest absolute Gasteiger partial charge is 0.253 e. The molecule has 9 nitrogen and oxygen atoms in total. The van der Waals surface area contributed by atoms with Gasteiger partial charge >= 0.3 is 0 Å². The fourth-order valence-electron chi connectivity index (χ4n) is 2.40. The minimum atomic E-state index is -3.60. The van der Waals surface area contributed by atoms with Crippen molar-refractivity contribution >= 4 is 33.2 Å². The molecule has 1 aromatic heterocycles. The molecular formula is C18H22N4O5S. The van der Waals surface area contributed by atoms with Crippen LogP contribution in [0.5, 0.6) is 5.88 Å². The highest BCUT2D eigenvalue weighted by Crippen LogP contribution is 2.22. The molecule has 3 N–H and O–H groups in total. The second-order valence-corrected chi connectivity index (χ2v) is 7.65. The van der Waals surface area contributed by atoms with Crippen LogP contribution < -0.4 is 20.1 Å². The number of nitrogens with one attached hydrogen (secondary N) is 3. The number of aromatic nitrogens is 1. The lowest BCUT2D eigenvalue weighted by molar-refractivity contribution is -0.114. The number of amides is 2. The molecule has 0 radical (unpaired) electrons. The fraction of sp³-hybridized carbons (Fsp3) is 0.278. The highest BCUT2D eigenvalue weighted by Gasteiger charge is 2.16. The first-order chi connectivity index (χ1) is 13.2. The Morgan fingerprint density at radius 2 is 1.96 bits per heavy atom. The average Bonchev–Trinajstić information content (AvgIpc) is 2.60. The maximum atomic E-state index is 12.7. The minimum Gasteiger partial charge on any atom is -0.478 e. The van der Waals surface area contributed by atoms with E-state index >= 15 is 0 Å². The van der Waals surface area contributed by atoms with Crippen LogP contribution in [0.1, 0.15) is 29.8 Å². The van der Waals surface area contributed by atoms with Crippen molar-refractivity contribution in [3.05, 3.63) is 47.7 Å². The topological polar surface area (TPSA) is 126 Å². The van der Waals surface area contributed by atoms with Crippen molar-refractivity contribution in [3.8, 4) is 5.88 Å². The standard InChI is InChI=1S/C18H22N4O5S/c1-4-27-18-13(6-5-9-19-18)11-20-17(24)15-10-14(21-12(2)23)7-8-16(15)22-28(3,25)26/h5-10,22H,4,11H2,1-3H3,(H,20,24)(H,21,23). The Bertz CT molecular complexity index is 976. The van der Waals surface area contributed by atoms with Gasteiger partial charge in [0.2, 0.25) is 21.8 Å². The minimum absolute atomic E-state index is 0.0681. The summed E-state index contributed by atoms with van der Waals surface area (Å²) in [7, 11) is -3.60. The summed E-state index contributed by atoms with van der Waals surface area (Å²) in [4.78, 5) is 28.1. The van der Waals surface area contributed by atoms with Crippen LogP contribution >= 0.6 is 0 Å². The van der Waals surface area contributed by atoms with Crippen molar-refractivity contribution in [1.82, 2.24) is 10.3 Å². The van der Waals surface area contributed by atoms with Gasteiger partial charge in [0, 0.05) is 30.9 Å². The van der Waals surface area contributed by atoms with Gasteiger partial charge in [0.1, 0.15) is 0 Å². The van der Waals surface area contributed by atoms with E-state index in [9.17, 15) is 18.0 Å². The largest absolute Gasteiger partial charge is 0.478 e. The summed E-state index contributed by atoms with van der Waals surface area (Å²) >= 11 is 0. The van der Waals surface area contributed by atoms with Gasteiger partial charge in [-0.15, -0.1) is 0 Å². The van der Waals surface area contributed by atoms with E-state index in [2.05, 4.69) is 20.3 Å². The zero-order chi connectivity index (χ0) is 20.7. The number of rotatable bonds is 8. The van der Waals surface area contributed by atoms with Crippen molar-refractivity contribution in [2.45, 2.75) is 20.4 Å². The van der Waals surface area contributed by atoms with E-state index in [1.165, 1.54) is 25.1 Å². The third-order valence-electron chi connectivity index (χ3n) is 3.45. The van der Waals surface area contributed by atoms with Crippen LogP contribution in [0.4, 0.5) is 11.4 Å². The van der Waals surface area contributed by atoms with Crippen LogP contribution in [0.2, 0.25) is 0 Å². The number of anilines is 2. The predicted octanol–water partition coefficient (Wildman–Crippen LogP) is 1.74. The van der Waals surface area contributed by atoms with E-state index < -0.39 is 15.9 Å². The third-order valence-corrected chi connectivity index (χ3v) is 4.04. The van der Waals surface area contributed by atoms with E-state index in [4.69, 9.17) is 4.74 Å². The first-order valence-electron chi connectivity index (χ1n) is 8.44. The quantitative estimate of drug-likeness (QED) is 0.613. The molecule has 0 aliphatic heterocycles. The van der Waals surface area contributed by atoms with Gasteiger partial charge in [-0.2, -0.15) is 0 Å². The molecular weight excluding hydrogens is 384 g/mol. The first-order valence-corrected chi connectivity index (χ1v) is 10.3. The van der Waals surface area contributed by atoms with E-state index in [1.807, 2.05) is 6.92 Å². The average molecular weight is 406 g/mol. The van der Waals surface area contributed by atoms with E-state index in [0.29, 0.717) is 23.7 Å². The second-order valence-electron chi connectivity index (χ2n) is 5.90. The van der Waals surface area contributed by atoms with E-state index in [0.717, 1.165) is 6.26 Å². The molecule has 2 amide bonds. The van der Waals surface area contributed by atoms with Crippen molar-refractivity contribution in [1.29, 1.82) is 0 Å². The van der Waals surface area contributed by atoms with E-state index in [1.54, 1.807) is 18.3 Å². The van der Waals surface area contributed by atoms with Gasteiger partial charge in [0.15, 0.2) is 0 Å². The summed E-state index contributed by atoms with van der Waals surface area (Å²) in [5, 5.41) is 5.28. The molecule has 0 unspecified atom stereocenters. The Hall–Kier alpha value is -3.14. The Kier molecular flexibility index (Phi) is 6.94. The van der Waals surface area contributed by atoms with Crippen molar-refractivity contribution in [2.24, 2.45) is 0 Å². The zero-order valence-corrected chi connectivity index (χ0v) is 16.6. The summed E-state index contributed by atoms with van der Waals surface area (Å²) in [6, 6.07) is 7.80. The lowest BCUT2D eigenvalue weighted by Crippen LogP contribution is -2.25. The van der Waals surface area contributed by atoms with Gasteiger partial charge in [0.25, 0.3) is 5.91 Å². The predicted molar refractivity (Wildman–Crippen MR) is 106 cm³/mol.